The minimum atomic E-state index is 0.0711. The molecule has 0 bridgehead atoms. The van der Waals surface area contributed by atoms with Gasteiger partial charge in [0.2, 0.25) is 0 Å². The topological polar surface area (TPSA) is 3.24 Å². The second-order valence-electron chi connectivity index (χ2n) is 21.4. The zero-order valence-electron chi connectivity index (χ0n) is 44.1. The molecule has 0 unspecified atom stereocenters. The lowest BCUT2D eigenvalue weighted by Crippen LogP contribution is -2.26. The summed E-state index contributed by atoms with van der Waals surface area (Å²) < 4.78 is 0. The number of benzene rings is 4. The number of anilines is 3. The van der Waals surface area contributed by atoms with Crippen molar-refractivity contribution in [2.24, 2.45) is 0 Å². The Morgan fingerprint density at radius 1 is 0.299 bits per heavy atom. The molecule has 1 heteroatoms. The van der Waals surface area contributed by atoms with Crippen LogP contribution in [0.25, 0.3) is 11.1 Å². The molecule has 370 valence electrons. The van der Waals surface area contributed by atoms with Gasteiger partial charge in [0, 0.05) is 22.5 Å². The van der Waals surface area contributed by atoms with E-state index < -0.39 is 0 Å². The highest BCUT2D eigenvalue weighted by molar-refractivity contribution is 5.85. The van der Waals surface area contributed by atoms with E-state index in [-0.39, 0.29) is 5.41 Å². The third-order valence-electron chi connectivity index (χ3n) is 15.7. The van der Waals surface area contributed by atoms with Gasteiger partial charge in [0.05, 0.1) is 0 Å². The number of fused-ring (bicyclic) bond motifs is 3. The lowest BCUT2D eigenvalue weighted by molar-refractivity contribution is 0.397. The second-order valence-corrected chi connectivity index (χ2v) is 21.4. The Morgan fingerprint density at radius 3 is 1.04 bits per heavy atom. The van der Waals surface area contributed by atoms with Gasteiger partial charge < -0.3 is 4.90 Å². The largest absolute Gasteiger partial charge is 0.310 e. The van der Waals surface area contributed by atoms with E-state index in [2.05, 4.69) is 123 Å². The van der Waals surface area contributed by atoms with Crippen LogP contribution in [0.4, 0.5) is 17.1 Å². The minimum Gasteiger partial charge on any atom is -0.310 e. The summed E-state index contributed by atoms with van der Waals surface area (Å²) in [5.41, 5.74) is 11.2. The summed E-state index contributed by atoms with van der Waals surface area (Å²) in [5.74, 6) is 0. The van der Waals surface area contributed by atoms with Crippen LogP contribution in [-0.4, -0.2) is 0 Å². The average Bonchev–Trinajstić information content (AvgIpc) is 3.62. The van der Waals surface area contributed by atoms with Crippen LogP contribution in [0.1, 0.15) is 275 Å². The zero-order chi connectivity index (χ0) is 46.9. The summed E-state index contributed by atoms with van der Waals surface area (Å²) in [7, 11) is 0. The van der Waals surface area contributed by atoms with Crippen molar-refractivity contribution in [2.75, 3.05) is 4.90 Å². The molecule has 0 aliphatic heterocycles. The molecular formula is C66H101N. The normalized spacial score (nSPS) is 12.7. The van der Waals surface area contributed by atoms with Crippen LogP contribution >= 0.6 is 0 Å². The highest BCUT2D eigenvalue weighted by atomic mass is 15.1. The van der Waals surface area contributed by atoms with E-state index in [0.29, 0.717) is 0 Å². The molecular weight excluding hydrogens is 807 g/mol. The standard InChI is InChI=1S/C66H101N/c1-4-6-8-10-12-14-16-18-20-22-24-26-28-30-32-34-36-43-55-66(56-44-37-35-33-31-29-27-25-23-21-19-17-15-13-11-9-7-5-2)64-48-42-41-47-62(64)63-54-53-61(57-65(63)66)67(59-45-39-38-40-46-59)60-51-49-58(3)50-52-60/h38-42,45-54,57H,4-37,43-44,55-56H2,1-3H3. The van der Waals surface area contributed by atoms with Crippen molar-refractivity contribution in [3.05, 3.63) is 114 Å². The van der Waals surface area contributed by atoms with Gasteiger partial charge in [-0.1, -0.05) is 311 Å². The maximum Gasteiger partial charge on any atom is 0.0465 e. The van der Waals surface area contributed by atoms with Crippen LogP contribution in [0.3, 0.4) is 0 Å². The smallest absolute Gasteiger partial charge is 0.0465 e. The summed E-state index contributed by atoms with van der Waals surface area (Å²) in [5, 5.41) is 0. The van der Waals surface area contributed by atoms with E-state index in [1.165, 1.54) is 278 Å². The van der Waals surface area contributed by atoms with E-state index >= 15 is 0 Å². The van der Waals surface area contributed by atoms with Gasteiger partial charge in [-0.3, -0.25) is 0 Å². The molecule has 4 aromatic rings. The predicted molar refractivity (Wildman–Crippen MR) is 299 cm³/mol. The first-order valence-electron chi connectivity index (χ1n) is 29.3. The SMILES string of the molecule is CCCCCCCCCCCCCCCCCCCCC1(CCCCCCCCCCCCCCCCCCCC)c2ccccc2-c2ccc(N(c3ccccc3)c3ccc(C)cc3)cc21. The molecule has 67 heavy (non-hydrogen) atoms. The van der Waals surface area contributed by atoms with Crippen LogP contribution in [0.2, 0.25) is 0 Å². The molecule has 1 aliphatic carbocycles. The van der Waals surface area contributed by atoms with Gasteiger partial charge in [-0.15, -0.1) is 0 Å². The third-order valence-corrected chi connectivity index (χ3v) is 15.7. The molecule has 0 radical (unpaired) electrons. The molecule has 1 aliphatic rings. The fourth-order valence-corrected chi connectivity index (χ4v) is 11.6. The van der Waals surface area contributed by atoms with Crippen molar-refractivity contribution in [1.29, 1.82) is 0 Å². The first-order chi connectivity index (χ1) is 33.2. The van der Waals surface area contributed by atoms with Gasteiger partial charge in [-0.25, -0.2) is 0 Å². The van der Waals surface area contributed by atoms with E-state index in [1.54, 1.807) is 11.1 Å². The number of unbranched alkanes of at least 4 members (excludes halogenated alkanes) is 34. The molecule has 0 saturated heterocycles. The van der Waals surface area contributed by atoms with Gasteiger partial charge in [0.15, 0.2) is 0 Å². The molecule has 0 spiro atoms. The first-order valence-corrected chi connectivity index (χ1v) is 29.3. The predicted octanol–water partition coefficient (Wildman–Crippen LogP) is 22.6. The maximum atomic E-state index is 2.62. The highest BCUT2D eigenvalue weighted by Crippen LogP contribution is 2.55. The van der Waals surface area contributed by atoms with Crippen molar-refractivity contribution >= 4 is 17.1 Å². The molecule has 0 aromatic heterocycles. The first kappa shape index (κ1) is 54.6. The van der Waals surface area contributed by atoms with Gasteiger partial charge in [-0.2, -0.15) is 0 Å². The second kappa shape index (κ2) is 34.1. The molecule has 0 amide bonds. The molecule has 1 nitrogen and oxygen atoms in total. The summed E-state index contributed by atoms with van der Waals surface area (Å²) in [4.78, 5) is 2.49. The molecule has 0 saturated carbocycles. The number of aryl methyl sites for hydroxylation is 1. The Kier molecular flexibility index (Phi) is 27.8. The molecule has 0 fully saturated rings. The van der Waals surface area contributed by atoms with Crippen molar-refractivity contribution < 1.29 is 0 Å². The van der Waals surface area contributed by atoms with Gasteiger partial charge >= 0.3 is 0 Å². The van der Waals surface area contributed by atoms with Crippen LogP contribution in [0.5, 0.6) is 0 Å². The van der Waals surface area contributed by atoms with E-state index in [9.17, 15) is 0 Å². The number of para-hydroxylation sites is 1. The summed E-state index contributed by atoms with van der Waals surface area (Å²) in [6.45, 7) is 6.82. The lowest BCUT2D eigenvalue weighted by atomic mass is 9.70. The Labute approximate surface area is 415 Å². The van der Waals surface area contributed by atoms with Crippen molar-refractivity contribution in [1.82, 2.24) is 0 Å². The summed E-state index contributed by atoms with van der Waals surface area (Å²) in [6, 6.07) is 37.2. The number of hydrogen-bond acceptors (Lipinski definition) is 1. The van der Waals surface area contributed by atoms with E-state index in [4.69, 9.17) is 0 Å². The van der Waals surface area contributed by atoms with E-state index in [1.807, 2.05) is 0 Å². The zero-order valence-corrected chi connectivity index (χ0v) is 44.1. The van der Waals surface area contributed by atoms with Crippen LogP contribution in [-0.2, 0) is 5.41 Å². The summed E-state index contributed by atoms with van der Waals surface area (Å²) in [6.07, 6.45) is 53.9. The number of rotatable bonds is 41. The fourth-order valence-electron chi connectivity index (χ4n) is 11.6. The molecule has 5 rings (SSSR count). The Balaban J connectivity index is 1.13. The fraction of sp³-hybridized carbons (Fsp3) is 0.636. The number of nitrogens with zero attached hydrogens (tertiary/aromatic N) is 1. The monoisotopic (exact) mass is 908 g/mol. The Bertz CT molecular complexity index is 1760. The minimum absolute atomic E-state index is 0.0711. The van der Waals surface area contributed by atoms with Crippen LogP contribution in [0, 0.1) is 6.92 Å². The van der Waals surface area contributed by atoms with Crippen molar-refractivity contribution in [3.63, 3.8) is 0 Å². The Hall–Kier alpha value is -3.32. The summed E-state index contributed by atoms with van der Waals surface area (Å²) >= 11 is 0. The highest BCUT2D eigenvalue weighted by Gasteiger charge is 2.42. The lowest BCUT2D eigenvalue weighted by Gasteiger charge is -2.34. The van der Waals surface area contributed by atoms with Gasteiger partial charge in [0.1, 0.15) is 0 Å². The molecule has 0 atom stereocenters. The number of hydrogen-bond donors (Lipinski definition) is 0. The van der Waals surface area contributed by atoms with Gasteiger partial charge in [-0.05, 0) is 78.4 Å². The van der Waals surface area contributed by atoms with Crippen molar-refractivity contribution in [3.8, 4) is 11.1 Å². The molecule has 4 aromatic carbocycles. The van der Waals surface area contributed by atoms with Crippen LogP contribution in [0.15, 0.2) is 97.1 Å². The van der Waals surface area contributed by atoms with Crippen molar-refractivity contribution in [2.45, 2.75) is 270 Å². The van der Waals surface area contributed by atoms with Gasteiger partial charge in [0.25, 0.3) is 0 Å². The van der Waals surface area contributed by atoms with E-state index in [0.717, 1.165) is 0 Å². The average molecular weight is 909 g/mol. The maximum absolute atomic E-state index is 2.62. The molecule has 0 heterocycles. The quantitative estimate of drug-likeness (QED) is 0.0401. The Morgan fingerprint density at radius 2 is 0.627 bits per heavy atom. The molecule has 0 N–H and O–H groups in total. The van der Waals surface area contributed by atoms with Crippen LogP contribution < -0.4 is 4.90 Å². The third kappa shape index (κ3) is 19.5.